The summed E-state index contributed by atoms with van der Waals surface area (Å²) < 4.78 is 17.2. The smallest absolute Gasteiger partial charge is 0.163 e. The first-order chi connectivity index (χ1) is 12.0. The van der Waals surface area contributed by atoms with Gasteiger partial charge >= 0.3 is 0 Å². The molecule has 1 saturated carbocycles. The van der Waals surface area contributed by atoms with Gasteiger partial charge in [0.25, 0.3) is 0 Å². The van der Waals surface area contributed by atoms with Crippen molar-refractivity contribution in [2.75, 3.05) is 13.7 Å². The lowest BCUT2D eigenvalue weighted by atomic mass is 9.73. The van der Waals surface area contributed by atoms with Gasteiger partial charge in [0.15, 0.2) is 5.79 Å². The molecule has 3 aliphatic rings. The quantitative estimate of drug-likeness (QED) is 0.908. The summed E-state index contributed by atoms with van der Waals surface area (Å²) in [5.41, 5.74) is 2.76. The van der Waals surface area contributed by atoms with Crippen LogP contribution in [0.5, 0.6) is 5.75 Å². The second kappa shape index (κ2) is 6.57. The molecule has 5 unspecified atom stereocenters. The van der Waals surface area contributed by atoms with Crippen molar-refractivity contribution in [1.82, 2.24) is 0 Å². The van der Waals surface area contributed by atoms with E-state index >= 15 is 0 Å². The zero-order chi connectivity index (χ0) is 17.6. The van der Waals surface area contributed by atoms with Crippen LogP contribution in [0.3, 0.4) is 0 Å². The Hall–Kier alpha value is -1.10. The molecular formula is C21H30O4. The van der Waals surface area contributed by atoms with Crippen molar-refractivity contribution >= 4 is 0 Å². The van der Waals surface area contributed by atoms with Crippen LogP contribution in [0.15, 0.2) is 18.2 Å². The minimum absolute atomic E-state index is 0.164. The Morgan fingerprint density at radius 1 is 1.24 bits per heavy atom. The molecule has 5 atom stereocenters. The number of ether oxygens (including phenoxy) is 3. The van der Waals surface area contributed by atoms with E-state index in [0.717, 1.165) is 37.9 Å². The minimum Gasteiger partial charge on any atom is -0.496 e. The van der Waals surface area contributed by atoms with Crippen molar-refractivity contribution in [3.63, 3.8) is 0 Å². The molecule has 1 N–H and O–H groups in total. The number of aliphatic hydroxyl groups is 1. The van der Waals surface area contributed by atoms with Gasteiger partial charge in [-0.05, 0) is 80.9 Å². The van der Waals surface area contributed by atoms with E-state index in [1.165, 1.54) is 11.1 Å². The van der Waals surface area contributed by atoms with E-state index in [0.29, 0.717) is 24.4 Å². The number of rotatable bonds is 4. The van der Waals surface area contributed by atoms with Crippen LogP contribution in [0.4, 0.5) is 0 Å². The van der Waals surface area contributed by atoms with Crippen molar-refractivity contribution in [3.05, 3.63) is 29.3 Å². The Morgan fingerprint density at radius 3 is 2.80 bits per heavy atom. The van der Waals surface area contributed by atoms with E-state index in [1.807, 2.05) is 13.8 Å². The minimum atomic E-state index is -0.457. The molecule has 0 spiro atoms. The van der Waals surface area contributed by atoms with Gasteiger partial charge in [0, 0.05) is 0 Å². The van der Waals surface area contributed by atoms with Gasteiger partial charge in [-0.15, -0.1) is 0 Å². The van der Waals surface area contributed by atoms with Crippen molar-refractivity contribution in [2.45, 2.75) is 63.9 Å². The summed E-state index contributed by atoms with van der Waals surface area (Å²) in [5, 5.41) is 10.7. The molecule has 4 heteroatoms. The summed E-state index contributed by atoms with van der Waals surface area (Å²) in [5.74, 6) is 2.07. The molecule has 2 fully saturated rings. The Kier molecular flexibility index (Phi) is 4.55. The third kappa shape index (κ3) is 3.32. The normalized spacial score (nSPS) is 36.1. The molecule has 1 heterocycles. The maximum absolute atomic E-state index is 10.7. The van der Waals surface area contributed by atoms with Crippen LogP contribution < -0.4 is 4.74 Å². The predicted molar refractivity (Wildman–Crippen MR) is 95.6 cm³/mol. The topological polar surface area (TPSA) is 47.9 Å². The number of benzene rings is 1. The third-order valence-corrected chi connectivity index (χ3v) is 6.46. The fourth-order valence-corrected chi connectivity index (χ4v) is 5.28. The van der Waals surface area contributed by atoms with Crippen LogP contribution in [0.25, 0.3) is 0 Å². The van der Waals surface area contributed by atoms with Crippen LogP contribution in [0.1, 0.15) is 44.2 Å². The van der Waals surface area contributed by atoms with Gasteiger partial charge in [-0.25, -0.2) is 0 Å². The van der Waals surface area contributed by atoms with E-state index in [2.05, 4.69) is 18.2 Å². The lowest BCUT2D eigenvalue weighted by molar-refractivity contribution is -0.139. The fraction of sp³-hybridized carbons (Fsp3) is 0.714. The molecule has 4 rings (SSSR count). The molecule has 138 valence electrons. The summed E-state index contributed by atoms with van der Waals surface area (Å²) in [6.45, 7) is 4.61. The summed E-state index contributed by atoms with van der Waals surface area (Å²) >= 11 is 0. The standard InChI is InChI=1S/C21H30O4/c1-21(2)24-12-15(25-21)7-8-16-17-9-13-5-4-6-20(23-3)18(13)10-14(17)11-19(16)22/h4-6,14-17,19,22H,7-12H2,1-3H3. The summed E-state index contributed by atoms with van der Waals surface area (Å²) in [7, 11) is 1.75. The molecule has 0 bridgehead atoms. The summed E-state index contributed by atoms with van der Waals surface area (Å²) in [6.07, 6.45) is 4.98. The van der Waals surface area contributed by atoms with Crippen LogP contribution in [0.2, 0.25) is 0 Å². The molecule has 1 aliphatic heterocycles. The molecule has 0 radical (unpaired) electrons. The highest BCUT2D eigenvalue weighted by atomic mass is 16.7. The van der Waals surface area contributed by atoms with Crippen LogP contribution in [-0.2, 0) is 22.3 Å². The molecule has 0 amide bonds. The van der Waals surface area contributed by atoms with Crippen LogP contribution in [-0.4, -0.2) is 36.8 Å². The molecule has 2 aliphatic carbocycles. The highest BCUT2D eigenvalue weighted by Gasteiger charge is 2.45. The number of methoxy groups -OCH3 is 1. The maximum atomic E-state index is 10.7. The van der Waals surface area contributed by atoms with Gasteiger partial charge in [0.05, 0.1) is 25.9 Å². The third-order valence-electron chi connectivity index (χ3n) is 6.46. The zero-order valence-electron chi connectivity index (χ0n) is 15.5. The number of fused-ring (bicyclic) bond motifs is 2. The molecule has 1 saturated heterocycles. The van der Waals surface area contributed by atoms with Crippen LogP contribution in [0, 0.1) is 17.8 Å². The van der Waals surface area contributed by atoms with Gasteiger partial charge < -0.3 is 19.3 Å². The van der Waals surface area contributed by atoms with Crippen molar-refractivity contribution in [3.8, 4) is 5.75 Å². The second-order valence-corrected chi connectivity index (χ2v) is 8.43. The van der Waals surface area contributed by atoms with E-state index in [9.17, 15) is 5.11 Å². The molecule has 4 nitrogen and oxygen atoms in total. The van der Waals surface area contributed by atoms with Gasteiger partial charge in [-0.3, -0.25) is 0 Å². The number of aliphatic hydroxyl groups excluding tert-OH is 1. The van der Waals surface area contributed by atoms with Crippen LogP contribution >= 0.6 is 0 Å². The van der Waals surface area contributed by atoms with Gasteiger partial charge in [0.2, 0.25) is 0 Å². The first kappa shape index (κ1) is 17.3. The van der Waals surface area contributed by atoms with E-state index in [1.54, 1.807) is 7.11 Å². The van der Waals surface area contributed by atoms with Gasteiger partial charge in [0.1, 0.15) is 5.75 Å². The number of hydrogen-bond donors (Lipinski definition) is 1. The Labute approximate surface area is 150 Å². The monoisotopic (exact) mass is 346 g/mol. The molecule has 25 heavy (non-hydrogen) atoms. The van der Waals surface area contributed by atoms with Crippen molar-refractivity contribution in [1.29, 1.82) is 0 Å². The van der Waals surface area contributed by atoms with Gasteiger partial charge in [-0.1, -0.05) is 12.1 Å². The van der Waals surface area contributed by atoms with E-state index in [4.69, 9.17) is 14.2 Å². The highest BCUT2D eigenvalue weighted by molar-refractivity contribution is 5.43. The Morgan fingerprint density at radius 2 is 2.08 bits per heavy atom. The molecule has 1 aromatic rings. The highest BCUT2D eigenvalue weighted by Crippen LogP contribution is 2.48. The SMILES string of the molecule is COc1cccc2c1CC1CC(O)C(CCC3COC(C)(C)O3)C1C2. The lowest BCUT2D eigenvalue weighted by Crippen LogP contribution is -2.28. The first-order valence-electron chi connectivity index (χ1n) is 9.61. The Balaban J connectivity index is 1.44. The molecule has 0 aromatic heterocycles. The second-order valence-electron chi connectivity index (χ2n) is 8.43. The van der Waals surface area contributed by atoms with Crippen molar-refractivity contribution in [2.24, 2.45) is 17.8 Å². The van der Waals surface area contributed by atoms with E-state index < -0.39 is 5.79 Å². The van der Waals surface area contributed by atoms with Crippen molar-refractivity contribution < 1.29 is 19.3 Å². The molecule has 1 aromatic carbocycles. The average Bonchev–Trinajstić information content (AvgIpc) is 3.08. The summed E-state index contributed by atoms with van der Waals surface area (Å²) in [4.78, 5) is 0. The largest absolute Gasteiger partial charge is 0.496 e. The Bertz CT molecular complexity index is 626. The maximum Gasteiger partial charge on any atom is 0.163 e. The average molecular weight is 346 g/mol. The van der Waals surface area contributed by atoms with E-state index in [-0.39, 0.29) is 12.2 Å². The predicted octanol–water partition coefficient (Wildman–Crippen LogP) is 3.34. The fourth-order valence-electron chi connectivity index (χ4n) is 5.28. The van der Waals surface area contributed by atoms with Gasteiger partial charge in [-0.2, -0.15) is 0 Å². The lowest BCUT2D eigenvalue weighted by Gasteiger charge is -2.32. The first-order valence-corrected chi connectivity index (χ1v) is 9.61. The zero-order valence-corrected chi connectivity index (χ0v) is 15.5. The number of hydrogen-bond acceptors (Lipinski definition) is 4. The summed E-state index contributed by atoms with van der Waals surface area (Å²) in [6, 6.07) is 6.37. The molecular weight excluding hydrogens is 316 g/mol.